The minimum atomic E-state index is -1.35. The van der Waals surface area contributed by atoms with Gasteiger partial charge in [0, 0.05) is 35.7 Å². The van der Waals surface area contributed by atoms with E-state index in [2.05, 4.69) is 21.6 Å². The molecular formula is C33H27Cl6N5O4. The first-order valence-corrected chi connectivity index (χ1v) is 16.7. The Morgan fingerprint density at radius 1 is 0.833 bits per heavy atom. The third kappa shape index (κ3) is 7.27. The molecule has 2 aromatic heterocycles. The third-order valence-electron chi connectivity index (χ3n) is 7.94. The first kappa shape index (κ1) is 35.2. The topological polar surface area (TPSA) is 106 Å². The number of ether oxygens (including phenoxy) is 4. The molecule has 4 atom stereocenters. The van der Waals surface area contributed by atoms with Crippen LogP contribution in [0.1, 0.15) is 28.4 Å². The monoisotopic (exact) mass is 767 g/mol. The summed E-state index contributed by atoms with van der Waals surface area (Å²) in [5, 5.41) is 7.28. The van der Waals surface area contributed by atoms with Gasteiger partial charge in [-0.25, -0.2) is 9.97 Å². The maximum absolute atomic E-state index is 6.79. The molecule has 2 N–H and O–H groups in total. The van der Waals surface area contributed by atoms with Crippen LogP contribution in [0.25, 0.3) is 5.65 Å². The quantitative estimate of drug-likeness (QED) is 0.125. The van der Waals surface area contributed by atoms with E-state index >= 15 is 0 Å². The van der Waals surface area contributed by atoms with Gasteiger partial charge in [-0.1, -0.05) is 93.9 Å². The lowest BCUT2D eigenvalue weighted by Gasteiger charge is -2.36. The van der Waals surface area contributed by atoms with E-state index in [-0.39, 0.29) is 32.4 Å². The zero-order chi connectivity index (χ0) is 34.0. The van der Waals surface area contributed by atoms with Crippen molar-refractivity contribution in [1.82, 2.24) is 19.6 Å². The standard InChI is InChI=1S/C33H27Cl6N5O4/c1-2-33(47-15-20-5-8-23(36)11-27(20)39)29(24-12-43-44-31(24)41-17-42-32(44)40)48-28(16-45-13-18-3-6-21(34)9-25(18)37)30(33)46-14-19-4-7-22(35)10-26(19)38/h2-12,17,28-30H,1,13-16H2,(H2,40,41,42)/t28-,29?,30-,33+/m1/s1. The summed E-state index contributed by atoms with van der Waals surface area (Å²) >= 11 is 37.9. The second-order valence-electron chi connectivity index (χ2n) is 10.9. The van der Waals surface area contributed by atoms with Crippen molar-refractivity contribution in [2.45, 2.75) is 43.7 Å². The maximum atomic E-state index is 6.79. The van der Waals surface area contributed by atoms with Gasteiger partial charge in [0.1, 0.15) is 30.2 Å². The van der Waals surface area contributed by atoms with Crippen molar-refractivity contribution in [2.24, 2.45) is 0 Å². The number of anilines is 1. The van der Waals surface area contributed by atoms with E-state index < -0.39 is 23.9 Å². The molecule has 9 nitrogen and oxygen atoms in total. The molecule has 1 aliphatic heterocycles. The van der Waals surface area contributed by atoms with Crippen molar-refractivity contribution >= 4 is 81.2 Å². The molecule has 15 heteroatoms. The molecule has 1 aliphatic rings. The Morgan fingerprint density at radius 2 is 1.42 bits per heavy atom. The largest absolute Gasteiger partial charge is 0.374 e. The van der Waals surface area contributed by atoms with Crippen LogP contribution in [0.3, 0.4) is 0 Å². The Balaban J connectivity index is 1.39. The van der Waals surface area contributed by atoms with Gasteiger partial charge in [-0.2, -0.15) is 9.61 Å². The van der Waals surface area contributed by atoms with E-state index in [1.54, 1.807) is 66.9 Å². The van der Waals surface area contributed by atoms with Crippen LogP contribution in [0.5, 0.6) is 0 Å². The van der Waals surface area contributed by atoms with Crippen LogP contribution in [0.2, 0.25) is 30.1 Å². The molecule has 250 valence electrons. The van der Waals surface area contributed by atoms with Gasteiger partial charge in [0.2, 0.25) is 5.95 Å². The van der Waals surface area contributed by atoms with Crippen molar-refractivity contribution in [2.75, 3.05) is 12.3 Å². The number of halogens is 6. The molecule has 0 radical (unpaired) electrons. The van der Waals surface area contributed by atoms with Crippen molar-refractivity contribution in [1.29, 1.82) is 0 Å². The number of fused-ring (bicyclic) bond motifs is 1. The zero-order valence-corrected chi connectivity index (χ0v) is 29.5. The lowest BCUT2D eigenvalue weighted by atomic mass is 9.87. The van der Waals surface area contributed by atoms with Crippen LogP contribution in [0.15, 0.2) is 79.8 Å². The molecule has 3 heterocycles. The van der Waals surface area contributed by atoms with Gasteiger partial charge in [-0.05, 0) is 53.1 Å². The minimum Gasteiger partial charge on any atom is -0.374 e. The zero-order valence-electron chi connectivity index (χ0n) is 25.0. The van der Waals surface area contributed by atoms with E-state index in [0.717, 1.165) is 5.56 Å². The number of rotatable bonds is 12. The summed E-state index contributed by atoms with van der Waals surface area (Å²) in [7, 11) is 0. The fourth-order valence-electron chi connectivity index (χ4n) is 5.53. The molecule has 0 aliphatic carbocycles. The highest BCUT2D eigenvalue weighted by Gasteiger charge is 2.58. The Morgan fingerprint density at radius 3 is 2.00 bits per heavy atom. The van der Waals surface area contributed by atoms with Gasteiger partial charge >= 0.3 is 0 Å². The average molecular weight is 770 g/mol. The first-order valence-electron chi connectivity index (χ1n) is 14.5. The molecule has 1 unspecified atom stereocenters. The predicted octanol–water partition coefficient (Wildman–Crippen LogP) is 9.01. The van der Waals surface area contributed by atoms with Gasteiger partial charge in [0.05, 0.1) is 32.6 Å². The summed E-state index contributed by atoms with van der Waals surface area (Å²) in [6, 6.07) is 15.5. The van der Waals surface area contributed by atoms with Crippen LogP contribution in [0, 0.1) is 0 Å². The second kappa shape index (κ2) is 15.1. The van der Waals surface area contributed by atoms with E-state index in [4.69, 9.17) is 94.3 Å². The number of nitrogens with two attached hydrogens (primary N) is 1. The molecule has 1 fully saturated rings. The van der Waals surface area contributed by atoms with Gasteiger partial charge in [-0.15, -0.1) is 6.58 Å². The maximum Gasteiger partial charge on any atom is 0.224 e. The van der Waals surface area contributed by atoms with E-state index in [9.17, 15) is 0 Å². The van der Waals surface area contributed by atoms with Gasteiger partial charge in [0.15, 0.2) is 5.65 Å². The summed E-state index contributed by atoms with van der Waals surface area (Å²) in [5.41, 5.74) is 7.88. The highest BCUT2D eigenvalue weighted by atomic mass is 35.5. The van der Waals surface area contributed by atoms with Crippen LogP contribution < -0.4 is 5.73 Å². The number of hydrogen-bond acceptors (Lipinski definition) is 8. The van der Waals surface area contributed by atoms with Crippen LogP contribution in [-0.2, 0) is 38.8 Å². The summed E-state index contributed by atoms with van der Waals surface area (Å²) in [6.45, 7) is 4.59. The van der Waals surface area contributed by atoms with Gasteiger partial charge in [0.25, 0.3) is 0 Å². The molecule has 1 saturated heterocycles. The fraction of sp³-hybridized carbons (Fsp3) is 0.242. The van der Waals surface area contributed by atoms with Crippen molar-refractivity contribution in [3.05, 3.63) is 132 Å². The number of aromatic nitrogens is 4. The first-order chi connectivity index (χ1) is 23.1. The number of nitrogens with zero attached hydrogens (tertiary/aromatic N) is 4. The van der Waals surface area contributed by atoms with E-state index in [1.807, 2.05) is 0 Å². The fourth-order valence-corrected chi connectivity index (χ4v) is 6.92. The van der Waals surface area contributed by atoms with E-state index in [1.165, 1.54) is 10.8 Å². The average Bonchev–Trinajstić information content (AvgIpc) is 3.61. The molecule has 6 rings (SSSR count). The Bertz CT molecular complexity index is 1960. The summed E-state index contributed by atoms with van der Waals surface area (Å²) in [4.78, 5) is 8.50. The highest BCUT2D eigenvalue weighted by Crippen LogP contribution is 2.49. The van der Waals surface area contributed by atoms with Crippen LogP contribution in [0.4, 0.5) is 5.95 Å². The number of hydrogen-bond donors (Lipinski definition) is 1. The van der Waals surface area contributed by atoms with Crippen molar-refractivity contribution < 1.29 is 18.9 Å². The molecule has 0 spiro atoms. The lowest BCUT2D eigenvalue weighted by molar-refractivity contribution is -0.129. The second-order valence-corrected chi connectivity index (χ2v) is 13.5. The van der Waals surface area contributed by atoms with E-state index in [0.29, 0.717) is 52.5 Å². The molecule has 3 aromatic carbocycles. The number of nitrogen functional groups attached to an aromatic ring is 1. The smallest absolute Gasteiger partial charge is 0.224 e. The molecule has 48 heavy (non-hydrogen) atoms. The van der Waals surface area contributed by atoms with Crippen molar-refractivity contribution in [3.8, 4) is 0 Å². The van der Waals surface area contributed by atoms with Gasteiger partial charge in [-0.3, -0.25) is 0 Å². The highest BCUT2D eigenvalue weighted by molar-refractivity contribution is 6.36. The summed E-state index contributed by atoms with van der Waals surface area (Å²) in [5.74, 6) is 0.146. The minimum absolute atomic E-state index is 0.0493. The number of benzene rings is 3. The molecule has 0 amide bonds. The summed E-state index contributed by atoms with van der Waals surface area (Å²) in [6.07, 6.45) is 2.23. The molecule has 0 saturated carbocycles. The Kier molecular flexibility index (Phi) is 11.0. The van der Waals surface area contributed by atoms with Crippen LogP contribution >= 0.6 is 69.6 Å². The molecule has 0 bridgehead atoms. The molecule has 5 aromatic rings. The van der Waals surface area contributed by atoms with Crippen molar-refractivity contribution in [3.63, 3.8) is 0 Å². The predicted molar refractivity (Wildman–Crippen MR) is 188 cm³/mol. The Hall–Kier alpha value is -2.67. The molecular weight excluding hydrogens is 743 g/mol. The Labute approximate surface area is 306 Å². The lowest BCUT2D eigenvalue weighted by Crippen LogP contribution is -2.48. The van der Waals surface area contributed by atoms with Crippen LogP contribution in [-0.4, -0.2) is 44.0 Å². The normalized spacial score (nSPS) is 20.8. The SMILES string of the molecule is C=C[C@]1(OCc2ccc(Cl)cc2Cl)C(c2cnn3c(N)ncnc23)O[C@H](COCc2ccc(Cl)cc2Cl)[C@H]1OCc1ccc(Cl)cc1Cl. The third-order valence-corrected chi connectivity index (χ3v) is 9.70. The van der Waals surface area contributed by atoms with Gasteiger partial charge < -0.3 is 24.7 Å². The summed E-state index contributed by atoms with van der Waals surface area (Å²) < 4.78 is 27.8.